The second kappa shape index (κ2) is 9.92. The Morgan fingerprint density at radius 2 is 1.87 bits per heavy atom. The van der Waals surface area contributed by atoms with Crippen molar-refractivity contribution < 1.29 is 14.3 Å². The first-order chi connectivity index (χ1) is 15.0. The van der Waals surface area contributed by atoms with Gasteiger partial charge in [0, 0.05) is 6.54 Å². The van der Waals surface area contributed by atoms with Gasteiger partial charge in [0.15, 0.2) is 0 Å². The molecule has 0 radical (unpaired) electrons. The number of aromatic nitrogens is 4. The Balaban J connectivity index is 1.98. The van der Waals surface area contributed by atoms with Crippen LogP contribution in [0.5, 0.6) is 11.5 Å². The van der Waals surface area contributed by atoms with E-state index in [1.807, 2.05) is 32.0 Å². The van der Waals surface area contributed by atoms with Gasteiger partial charge in [0.05, 0.1) is 19.4 Å². The quantitative estimate of drug-likeness (QED) is 0.406. The minimum Gasteiger partial charge on any atom is -0.494 e. The third-order valence-corrected chi connectivity index (χ3v) is 4.78. The molecule has 9 heteroatoms. The van der Waals surface area contributed by atoms with Gasteiger partial charge in [-0.05, 0) is 60.5 Å². The number of aryl methyl sites for hydroxylation is 1. The first-order valence-electron chi connectivity index (χ1n) is 10.3. The van der Waals surface area contributed by atoms with Crippen LogP contribution in [0, 0.1) is 6.92 Å². The number of hydrogen-bond acceptors (Lipinski definition) is 6. The Morgan fingerprint density at radius 3 is 2.58 bits per heavy atom. The van der Waals surface area contributed by atoms with Crippen molar-refractivity contribution >= 4 is 11.7 Å². The van der Waals surface area contributed by atoms with Crippen LogP contribution in [-0.4, -0.2) is 46.1 Å². The largest absolute Gasteiger partial charge is 0.494 e. The summed E-state index contributed by atoms with van der Waals surface area (Å²) in [7, 11) is 1.50. The van der Waals surface area contributed by atoms with E-state index in [9.17, 15) is 9.59 Å². The Morgan fingerprint density at radius 1 is 1.10 bits per heavy atom. The summed E-state index contributed by atoms with van der Waals surface area (Å²) in [6, 6.07) is 11.9. The number of tetrazole rings is 1. The van der Waals surface area contributed by atoms with E-state index in [0.29, 0.717) is 36.0 Å². The second-order valence-electron chi connectivity index (χ2n) is 6.96. The van der Waals surface area contributed by atoms with Crippen molar-refractivity contribution in [3.8, 4) is 17.2 Å². The highest BCUT2D eigenvalue weighted by Crippen LogP contribution is 2.30. The molecule has 0 spiro atoms. The monoisotopic (exact) mass is 425 g/mol. The average molecular weight is 425 g/mol. The Labute approximate surface area is 180 Å². The zero-order valence-electron chi connectivity index (χ0n) is 18.2. The molecule has 0 aliphatic carbocycles. The van der Waals surface area contributed by atoms with Crippen LogP contribution in [0.1, 0.15) is 32.3 Å². The maximum atomic E-state index is 13.3. The van der Waals surface area contributed by atoms with Crippen LogP contribution in [0.3, 0.4) is 0 Å². The fraction of sp³-hybridized carbons (Fsp3) is 0.364. The summed E-state index contributed by atoms with van der Waals surface area (Å²) in [5.41, 5.74) is 1.27. The maximum Gasteiger partial charge on any atom is 0.377 e. The minimum atomic E-state index is -0.686. The van der Waals surface area contributed by atoms with Gasteiger partial charge in [-0.2, -0.15) is 4.68 Å². The molecule has 0 saturated carbocycles. The lowest BCUT2D eigenvalue weighted by Gasteiger charge is -2.23. The van der Waals surface area contributed by atoms with E-state index in [2.05, 4.69) is 17.4 Å². The van der Waals surface area contributed by atoms with E-state index < -0.39 is 11.7 Å². The Kier molecular flexibility index (Phi) is 7.07. The molecule has 1 aromatic heterocycles. The lowest BCUT2D eigenvalue weighted by molar-refractivity contribution is 0.243. The molecule has 0 N–H and O–H groups in total. The van der Waals surface area contributed by atoms with E-state index in [1.54, 1.807) is 24.3 Å². The summed E-state index contributed by atoms with van der Waals surface area (Å²) in [4.78, 5) is 27.7. The standard InChI is InChI=1S/C22H27N5O4/c1-5-7-14-31-20-13-12-16(3)15-18(20)25(6-2)21(28)27-22(29)26(23-24-27)17-10-8-9-11-19(17)30-4/h8-13,15H,5-7,14H2,1-4H3. The molecule has 0 atom stereocenters. The third kappa shape index (κ3) is 4.60. The highest BCUT2D eigenvalue weighted by molar-refractivity contribution is 5.94. The van der Waals surface area contributed by atoms with Crippen molar-refractivity contribution in [1.29, 1.82) is 0 Å². The number of carbonyl (C=O) groups is 1. The van der Waals surface area contributed by atoms with Gasteiger partial charge in [-0.3, -0.25) is 4.90 Å². The van der Waals surface area contributed by atoms with Gasteiger partial charge in [0.25, 0.3) is 0 Å². The lowest BCUT2D eigenvalue weighted by Crippen LogP contribution is -2.41. The number of anilines is 1. The number of benzene rings is 2. The van der Waals surface area contributed by atoms with E-state index in [1.165, 1.54) is 12.0 Å². The molecular weight excluding hydrogens is 398 g/mol. The summed E-state index contributed by atoms with van der Waals surface area (Å²) in [6.45, 7) is 6.70. The average Bonchev–Trinajstić information content (AvgIpc) is 3.16. The predicted molar refractivity (Wildman–Crippen MR) is 118 cm³/mol. The normalized spacial score (nSPS) is 10.7. The zero-order valence-corrected chi connectivity index (χ0v) is 18.2. The van der Waals surface area contributed by atoms with Gasteiger partial charge in [-0.1, -0.05) is 31.5 Å². The van der Waals surface area contributed by atoms with E-state index in [4.69, 9.17) is 9.47 Å². The number of nitrogens with zero attached hydrogens (tertiary/aromatic N) is 5. The second-order valence-corrected chi connectivity index (χ2v) is 6.96. The SMILES string of the molecule is CCCCOc1ccc(C)cc1N(CC)C(=O)n1nnn(-c2ccccc2OC)c1=O. The molecule has 0 unspecified atom stereocenters. The Hall–Kier alpha value is -3.62. The highest BCUT2D eigenvalue weighted by atomic mass is 16.5. The summed E-state index contributed by atoms with van der Waals surface area (Å²) in [5, 5.41) is 7.70. The molecule has 31 heavy (non-hydrogen) atoms. The fourth-order valence-corrected chi connectivity index (χ4v) is 3.13. The topological polar surface area (TPSA) is 91.5 Å². The number of rotatable bonds is 8. The van der Waals surface area contributed by atoms with Crippen molar-refractivity contribution in [3.63, 3.8) is 0 Å². The highest BCUT2D eigenvalue weighted by Gasteiger charge is 2.25. The van der Waals surface area contributed by atoms with Gasteiger partial charge in [0.2, 0.25) is 0 Å². The number of ether oxygens (including phenoxy) is 2. The summed E-state index contributed by atoms with van der Waals surface area (Å²) in [6.07, 6.45) is 1.90. The van der Waals surface area contributed by atoms with Crippen molar-refractivity contribution in [2.24, 2.45) is 0 Å². The molecule has 164 valence electrons. The number of amides is 1. The van der Waals surface area contributed by atoms with Crippen LogP contribution in [0.15, 0.2) is 47.3 Å². The predicted octanol–water partition coefficient (Wildman–Crippen LogP) is 3.42. The zero-order chi connectivity index (χ0) is 22.4. The van der Waals surface area contributed by atoms with Crippen molar-refractivity contribution in [2.45, 2.75) is 33.6 Å². The molecular formula is C22H27N5O4. The van der Waals surface area contributed by atoms with Crippen LogP contribution in [0.25, 0.3) is 5.69 Å². The van der Waals surface area contributed by atoms with Crippen LogP contribution in [-0.2, 0) is 0 Å². The molecule has 3 rings (SSSR count). The fourth-order valence-electron chi connectivity index (χ4n) is 3.13. The summed E-state index contributed by atoms with van der Waals surface area (Å²) in [5.74, 6) is 1.03. The van der Waals surface area contributed by atoms with Gasteiger partial charge < -0.3 is 9.47 Å². The third-order valence-electron chi connectivity index (χ3n) is 4.78. The van der Waals surface area contributed by atoms with Crippen LogP contribution >= 0.6 is 0 Å². The minimum absolute atomic E-state index is 0.320. The molecule has 0 bridgehead atoms. The number of carbonyl (C=O) groups excluding carboxylic acids is 1. The van der Waals surface area contributed by atoms with Crippen LogP contribution in [0.4, 0.5) is 10.5 Å². The number of para-hydroxylation sites is 2. The summed E-state index contributed by atoms with van der Waals surface area (Å²) < 4.78 is 13.0. The number of hydrogen-bond donors (Lipinski definition) is 0. The maximum absolute atomic E-state index is 13.3. The molecule has 2 aromatic carbocycles. The number of unbranched alkanes of at least 4 members (excludes halogenated alkanes) is 1. The van der Waals surface area contributed by atoms with E-state index in [-0.39, 0.29) is 0 Å². The lowest BCUT2D eigenvalue weighted by atomic mass is 10.2. The van der Waals surface area contributed by atoms with Gasteiger partial charge in [-0.15, -0.1) is 4.68 Å². The van der Waals surface area contributed by atoms with E-state index in [0.717, 1.165) is 27.8 Å². The molecule has 1 heterocycles. The van der Waals surface area contributed by atoms with Crippen LogP contribution in [0.2, 0.25) is 0 Å². The summed E-state index contributed by atoms with van der Waals surface area (Å²) >= 11 is 0. The molecule has 0 fully saturated rings. The Bertz CT molecular complexity index is 1110. The number of methoxy groups -OCH3 is 1. The smallest absolute Gasteiger partial charge is 0.377 e. The molecule has 9 nitrogen and oxygen atoms in total. The van der Waals surface area contributed by atoms with Crippen LogP contribution < -0.4 is 20.1 Å². The van der Waals surface area contributed by atoms with Crippen molar-refractivity contribution in [2.75, 3.05) is 25.2 Å². The molecule has 3 aromatic rings. The first-order valence-corrected chi connectivity index (χ1v) is 10.3. The molecule has 0 aliphatic rings. The first kappa shape index (κ1) is 22.1. The van der Waals surface area contributed by atoms with Gasteiger partial charge in [0.1, 0.15) is 17.2 Å². The van der Waals surface area contributed by atoms with Gasteiger partial charge >= 0.3 is 11.7 Å². The van der Waals surface area contributed by atoms with Crippen molar-refractivity contribution in [3.05, 3.63) is 58.5 Å². The van der Waals surface area contributed by atoms with E-state index >= 15 is 0 Å². The molecule has 0 saturated heterocycles. The van der Waals surface area contributed by atoms with Crippen molar-refractivity contribution in [1.82, 2.24) is 19.8 Å². The van der Waals surface area contributed by atoms with Gasteiger partial charge in [-0.25, -0.2) is 9.59 Å². The molecule has 0 aliphatic heterocycles. The molecule has 1 amide bonds.